The van der Waals surface area contributed by atoms with Crippen molar-refractivity contribution in [2.75, 3.05) is 7.05 Å². The summed E-state index contributed by atoms with van der Waals surface area (Å²) in [5.74, 6) is 0. The number of benzene rings is 1. The molecule has 0 fully saturated rings. The van der Waals surface area contributed by atoms with Crippen LogP contribution in [0, 0.1) is 0 Å². The molecule has 1 aromatic rings. The summed E-state index contributed by atoms with van der Waals surface area (Å²) in [5, 5.41) is 5.51. The Morgan fingerprint density at radius 1 is 1.18 bits per heavy atom. The van der Waals surface area contributed by atoms with Crippen LogP contribution in [0.2, 0.25) is 0 Å². The lowest BCUT2D eigenvalue weighted by Crippen LogP contribution is -2.25. The average Bonchev–Trinajstić information content (AvgIpc) is 2.06. The Morgan fingerprint density at radius 2 is 1.82 bits per heavy atom. The van der Waals surface area contributed by atoms with Gasteiger partial charge in [-0.25, -0.2) is 0 Å². The van der Waals surface area contributed by atoms with E-state index >= 15 is 0 Å². The summed E-state index contributed by atoms with van der Waals surface area (Å²) in [6.07, 6.45) is 4.10. The van der Waals surface area contributed by atoms with E-state index in [0.717, 1.165) is 0 Å². The van der Waals surface area contributed by atoms with Crippen LogP contribution in [0.1, 0.15) is 6.92 Å². The van der Waals surface area contributed by atoms with Crippen molar-refractivity contribution >= 4 is 12.3 Å². The van der Waals surface area contributed by atoms with Crippen LogP contribution in [-0.2, 0) is 0 Å². The standard InChI is InChI=1S/C10H13N/c1-3-9-6-4-5-7-10(9)8-11-2/h3-8,11H,1-2H3/b9-3-,10-8-. The van der Waals surface area contributed by atoms with Crippen molar-refractivity contribution in [2.45, 2.75) is 6.92 Å². The van der Waals surface area contributed by atoms with Crippen molar-refractivity contribution < 1.29 is 0 Å². The molecule has 0 aliphatic carbocycles. The molecular formula is C10H13N. The first kappa shape index (κ1) is 7.86. The van der Waals surface area contributed by atoms with Crippen molar-refractivity contribution in [3.8, 4) is 0 Å². The van der Waals surface area contributed by atoms with Crippen LogP contribution in [0.25, 0.3) is 12.3 Å². The molecule has 0 radical (unpaired) electrons. The third kappa shape index (κ3) is 1.84. The van der Waals surface area contributed by atoms with Crippen molar-refractivity contribution in [1.29, 1.82) is 0 Å². The predicted octanol–water partition coefficient (Wildman–Crippen LogP) is 0.444. The molecule has 58 valence electrons. The largest absolute Gasteiger partial charge is 0.393 e. The highest BCUT2D eigenvalue weighted by molar-refractivity contribution is 5.28. The molecule has 0 spiro atoms. The fourth-order valence-electron chi connectivity index (χ4n) is 1.06. The van der Waals surface area contributed by atoms with Crippen LogP contribution in [0.4, 0.5) is 0 Å². The molecule has 0 bridgehead atoms. The minimum atomic E-state index is 1.23. The van der Waals surface area contributed by atoms with Gasteiger partial charge in [0.25, 0.3) is 0 Å². The zero-order valence-corrected chi connectivity index (χ0v) is 6.96. The summed E-state index contributed by atoms with van der Waals surface area (Å²) in [6, 6.07) is 8.27. The van der Waals surface area contributed by atoms with Crippen LogP contribution in [0.5, 0.6) is 0 Å². The Bertz CT molecular complexity index is 325. The summed E-state index contributed by atoms with van der Waals surface area (Å²) in [6.45, 7) is 2.04. The van der Waals surface area contributed by atoms with E-state index in [0.29, 0.717) is 0 Å². The molecule has 0 atom stereocenters. The molecule has 1 nitrogen and oxygen atoms in total. The lowest BCUT2D eigenvalue weighted by molar-refractivity contribution is 1.17. The predicted molar refractivity (Wildman–Crippen MR) is 49.4 cm³/mol. The average molecular weight is 147 g/mol. The Kier molecular flexibility index (Phi) is 2.73. The lowest BCUT2D eigenvalue weighted by atomic mass is 10.2. The SMILES string of the molecule is C/C=c1/cccc/c1=C/NC. The number of hydrogen-bond donors (Lipinski definition) is 1. The first-order valence-corrected chi connectivity index (χ1v) is 3.77. The van der Waals surface area contributed by atoms with Gasteiger partial charge in [-0.05, 0) is 17.4 Å². The summed E-state index contributed by atoms with van der Waals surface area (Å²) in [4.78, 5) is 0. The van der Waals surface area contributed by atoms with Gasteiger partial charge in [-0.15, -0.1) is 0 Å². The summed E-state index contributed by atoms with van der Waals surface area (Å²) < 4.78 is 0. The zero-order chi connectivity index (χ0) is 8.10. The van der Waals surface area contributed by atoms with Crippen LogP contribution in [0.15, 0.2) is 24.3 Å². The van der Waals surface area contributed by atoms with E-state index in [1.165, 1.54) is 10.4 Å². The van der Waals surface area contributed by atoms with E-state index in [-0.39, 0.29) is 0 Å². The van der Waals surface area contributed by atoms with Crippen molar-refractivity contribution in [2.24, 2.45) is 0 Å². The normalized spacial score (nSPS) is 13.6. The van der Waals surface area contributed by atoms with Gasteiger partial charge >= 0.3 is 0 Å². The van der Waals surface area contributed by atoms with Gasteiger partial charge in [-0.2, -0.15) is 0 Å². The topological polar surface area (TPSA) is 12.0 Å². The van der Waals surface area contributed by atoms with E-state index in [1.54, 1.807) is 0 Å². The van der Waals surface area contributed by atoms with Crippen molar-refractivity contribution in [1.82, 2.24) is 5.32 Å². The maximum Gasteiger partial charge on any atom is 0.00411 e. The molecule has 0 saturated carbocycles. The molecule has 0 unspecified atom stereocenters. The van der Waals surface area contributed by atoms with Gasteiger partial charge in [0.05, 0.1) is 0 Å². The third-order valence-electron chi connectivity index (χ3n) is 1.61. The zero-order valence-electron chi connectivity index (χ0n) is 6.96. The summed E-state index contributed by atoms with van der Waals surface area (Å²) in [7, 11) is 1.91. The molecule has 11 heavy (non-hydrogen) atoms. The highest BCUT2D eigenvalue weighted by Crippen LogP contribution is 1.70. The molecule has 0 aliphatic rings. The van der Waals surface area contributed by atoms with Crippen LogP contribution in [0.3, 0.4) is 0 Å². The van der Waals surface area contributed by atoms with Crippen molar-refractivity contribution in [3.05, 3.63) is 34.7 Å². The minimum Gasteiger partial charge on any atom is -0.393 e. The maximum atomic E-state index is 3.01. The van der Waals surface area contributed by atoms with Crippen molar-refractivity contribution in [3.63, 3.8) is 0 Å². The van der Waals surface area contributed by atoms with Gasteiger partial charge in [0.2, 0.25) is 0 Å². The molecule has 0 saturated heterocycles. The van der Waals surface area contributed by atoms with E-state index in [4.69, 9.17) is 0 Å². The Balaban J connectivity index is 3.37. The molecule has 0 aliphatic heterocycles. The second-order valence-electron chi connectivity index (χ2n) is 2.35. The first-order valence-electron chi connectivity index (χ1n) is 3.77. The van der Waals surface area contributed by atoms with Gasteiger partial charge < -0.3 is 5.32 Å². The molecule has 0 heterocycles. The Hall–Kier alpha value is -1.24. The van der Waals surface area contributed by atoms with Crippen LogP contribution in [-0.4, -0.2) is 7.05 Å². The fourth-order valence-corrected chi connectivity index (χ4v) is 1.06. The molecular weight excluding hydrogens is 134 g/mol. The molecule has 1 N–H and O–H groups in total. The monoisotopic (exact) mass is 147 g/mol. The number of hydrogen-bond acceptors (Lipinski definition) is 1. The van der Waals surface area contributed by atoms with E-state index in [9.17, 15) is 0 Å². The number of rotatable bonds is 1. The third-order valence-corrected chi connectivity index (χ3v) is 1.61. The van der Waals surface area contributed by atoms with Crippen LogP contribution < -0.4 is 15.8 Å². The van der Waals surface area contributed by atoms with Gasteiger partial charge in [-0.1, -0.05) is 30.3 Å². The van der Waals surface area contributed by atoms with Gasteiger partial charge in [0.15, 0.2) is 0 Å². The quantitative estimate of drug-likeness (QED) is 0.608. The van der Waals surface area contributed by atoms with Crippen LogP contribution >= 0.6 is 0 Å². The smallest absolute Gasteiger partial charge is 0.00411 e. The minimum absolute atomic E-state index is 1.23. The highest BCUT2D eigenvalue weighted by Gasteiger charge is 1.78. The molecule has 0 aromatic heterocycles. The number of nitrogens with one attached hydrogen (secondary N) is 1. The van der Waals surface area contributed by atoms with E-state index in [1.807, 2.05) is 32.3 Å². The molecule has 1 aromatic carbocycles. The maximum absolute atomic E-state index is 3.01. The fraction of sp³-hybridized carbons (Fsp3) is 0.200. The molecule has 1 heteroatoms. The first-order chi connectivity index (χ1) is 5.38. The van der Waals surface area contributed by atoms with Gasteiger partial charge in [0, 0.05) is 13.2 Å². The second kappa shape index (κ2) is 3.81. The molecule has 0 amide bonds. The molecule has 1 rings (SSSR count). The Labute approximate surface area is 67.1 Å². The van der Waals surface area contributed by atoms with Gasteiger partial charge in [-0.3, -0.25) is 0 Å². The summed E-state index contributed by atoms with van der Waals surface area (Å²) >= 11 is 0. The summed E-state index contributed by atoms with van der Waals surface area (Å²) in [5.41, 5.74) is 0. The highest BCUT2D eigenvalue weighted by atomic mass is 14.8. The van der Waals surface area contributed by atoms with E-state index < -0.39 is 0 Å². The van der Waals surface area contributed by atoms with E-state index in [2.05, 4.69) is 23.5 Å². The Morgan fingerprint density at radius 3 is 2.36 bits per heavy atom. The second-order valence-corrected chi connectivity index (χ2v) is 2.35. The van der Waals surface area contributed by atoms with Gasteiger partial charge in [0.1, 0.15) is 0 Å². The lowest BCUT2D eigenvalue weighted by Gasteiger charge is -1.89.